The molecule has 4 aromatic rings. The van der Waals surface area contributed by atoms with Gasteiger partial charge in [-0.1, -0.05) is 17.7 Å². The maximum Gasteiger partial charge on any atom is 0.319 e. The van der Waals surface area contributed by atoms with Gasteiger partial charge in [-0.2, -0.15) is 0 Å². The highest BCUT2D eigenvalue weighted by Gasteiger charge is 2.13. The van der Waals surface area contributed by atoms with Gasteiger partial charge in [-0.15, -0.1) is 0 Å². The fourth-order valence-corrected chi connectivity index (χ4v) is 3.45. The first-order valence-corrected chi connectivity index (χ1v) is 9.95. The summed E-state index contributed by atoms with van der Waals surface area (Å²) in [6.45, 7) is 5.25. The zero-order chi connectivity index (χ0) is 20.9. The summed E-state index contributed by atoms with van der Waals surface area (Å²) in [6, 6.07) is 13.5. The maximum absolute atomic E-state index is 12.3. The molecule has 7 heteroatoms. The normalized spacial score (nSPS) is 10.9. The molecule has 2 N–H and O–H groups in total. The second-order valence-electron chi connectivity index (χ2n) is 7.22. The number of amides is 2. The van der Waals surface area contributed by atoms with Crippen molar-refractivity contribution in [3.63, 3.8) is 0 Å². The number of nitrogens with zero attached hydrogens (tertiary/aromatic N) is 4. The van der Waals surface area contributed by atoms with Crippen LogP contribution in [-0.2, 0) is 6.54 Å². The molecule has 2 amide bonds. The van der Waals surface area contributed by atoms with E-state index in [1.54, 1.807) is 18.6 Å². The largest absolute Gasteiger partial charge is 0.338 e. The van der Waals surface area contributed by atoms with E-state index >= 15 is 0 Å². The van der Waals surface area contributed by atoms with Crippen LogP contribution in [0, 0.1) is 13.8 Å². The number of anilines is 1. The van der Waals surface area contributed by atoms with Crippen molar-refractivity contribution in [2.24, 2.45) is 0 Å². The highest BCUT2D eigenvalue weighted by atomic mass is 16.2. The molecule has 0 spiro atoms. The number of benzene rings is 1. The van der Waals surface area contributed by atoms with Gasteiger partial charge in [0.25, 0.3) is 0 Å². The molecule has 0 fully saturated rings. The molecule has 152 valence electrons. The number of urea groups is 1. The lowest BCUT2D eigenvalue weighted by Gasteiger charge is -2.12. The highest BCUT2D eigenvalue weighted by Crippen LogP contribution is 2.23. The Morgan fingerprint density at radius 2 is 1.90 bits per heavy atom. The summed E-state index contributed by atoms with van der Waals surface area (Å²) in [5.41, 5.74) is 5.72. The highest BCUT2D eigenvalue weighted by molar-refractivity contribution is 5.90. The van der Waals surface area contributed by atoms with Gasteiger partial charge in [0.05, 0.1) is 0 Å². The van der Waals surface area contributed by atoms with Gasteiger partial charge in [-0.3, -0.25) is 4.98 Å². The zero-order valence-electron chi connectivity index (χ0n) is 17.1. The summed E-state index contributed by atoms with van der Waals surface area (Å²) in [5, 5.41) is 5.84. The quantitative estimate of drug-likeness (QED) is 0.472. The number of aromatic nitrogens is 4. The van der Waals surface area contributed by atoms with Gasteiger partial charge in [0.15, 0.2) is 5.65 Å². The van der Waals surface area contributed by atoms with Crippen molar-refractivity contribution in [2.75, 3.05) is 11.9 Å². The van der Waals surface area contributed by atoms with E-state index in [4.69, 9.17) is 4.98 Å². The van der Waals surface area contributed by atoms with Crippen LogP contribution < -0.4 is 10.6 Å². The molecular formula is C23H24N6O. The maximum atomic E-state index is 12.3. The SMILES string of the molecule is Cc1ccc(NC(=O)NCCCn2c(-c3ccncc3)nc3cccnc32)c(C)c1. The molecule has 1 aromatic carbocycles. The van der Waals surface area contributed by atoms with Crippen LogP contribution in [0.3, 0.4) is 0 Å². The van der Waals surface area contributed by atoms with Crippen LogP contribution in [0.25, 0.3) is 22.6 Å². The van der Waals surface area contributed by atoms with Crippen molar-refractivity contribution < 1.29 is 4.79 Å². The van der Waals surface area contributed by atoms with E-state index in [1.807, 2.05) is 56.3 Å². The monoisotopic (exact) mass is 400 g/mol. The van der Waals surface area contributed by atoms with E-state index in [-0.39, 0.29) is 6.03 Å². The van der Waals surface area contributed by atoms with Gasteiger partial charge in [0, 0.05) is 42.9 Å². The van der Waals surface area contributed by atoms with Crippen LogP contribution in [-0.4, -0.2) is 32.1 Å². The molecule has 0 atom stereocenters. The minimum atomic E-state index is -0.204. The van der Waals surface area contributed by atoms with Crippen LogP contribution in [0.1, 0.15) is 17.5 Å². The van der Waals surface area contributed by atoms with Gasteiger partial charge in [-0.25, -0.2) is 14.8 Å². The zero-order valence-corrected chi connectivity index (χ0v) is 17.1. The van der Waals surface area contributed by atoms with Crippen LogP contribution in [0.2, 0.25) is 0 Å². The summed E-state index contributed by atoms with van der Waals surface area (Å²) in [6.07, 6.45) is 6.03. The number of rotatable bonds is 6. The second kappa shape index (κ2) is 8.73. The van der Waals surface area contributed by atoms with Gasteiger partial charge in [0.2, 0.25) is 0 Å². The Labute approximate surface area is 175 Å². The Morgan fingerprint density at radius 1 is 1.07 bits per heavy atom. The molecule has 0 aliphatic rings. The van der Waals surface area contributed by atoms with Crippen molar-refractivity contribution in [1.29, 1.82) is 0 Å². The van der Waals surface area contributed by atoms with Crippen molar-refractivity contribution in [2.45, 2.75) is 26.8 Å². The van der Waals surface area contributed by atoms with Gasteiger partial charge >= 0.3 is 6.03 Å². The summed E-state index contributed by atoms with van der Waals surface area (Å²) in [4.78, 5) is 25.6. The summed E-state index contributed by atoms with van der Waals surface area (Å²) in [5.74, 6) is 0.853. The van der Waals surface area contributed by atoms with E-state index < -0.39 is 0 Å². The lowest BCUT2D eigenvalue weighted by atomic mass is 10.1. The standard InChI is InChI=1S/C23H24N6O/c1-16-6-7-19(17(2)15-16)28-23(30)26-11-4-14-29-21(18-8-12-24-13-9-18)27-20-5-3-10-25-22(20)29/h3,5-10,12-13,15H,4,11,14H2,1-2H3,(H2,26,28,30). The van der Waals surface area contributed by atoms with E-state index in [2.05, 4.69) is 25.2 Å². The molecule has 3 heterocycles. The average molecular weight is 400 g/mol. The smallest absolute Gasteiger partial charge is 0.319 e. The topological polar surface area (TPSA) is 84.7 Å². The molecule has 0 unspecified atom stereocenters. The number of hydrogen-bond acceptors (Lipinski definition) is 4. The summed E-state index contributed by atoms with van der Waals surface area (Å²) < 4.78 is 2.09. The predicted octanol–water partition coefficient (Wildman–Crippen LogP) is 4.32. The number of nitrogens with one attached hydrogen (secondary N) is 2. The minimum Gasteiger partial charge on any atom is -0.338 e. The number of imidazole rings is 1. The number of hydrogen-bond donors (Lipinski definition) is 2. The number of pyridine rings is 2. The Kier molecular flexibility index (Phi) is 5.70. The van der Waals surface area contributed by atoms with Crippen molar-refractivity contribution >= 4 is 22.9 Å². The number of fused-ring (bicyclic) bond motifs is 1. The Hall–Kier alpha value is -3.74. The molecular weight excluding hydrogens is 376 g/mol. The molecule has 3 aromatic heterocycles. The number of carbonyl (C=O) groups excluding carboxylic acids is 1. The second-order valence-corrected chi connectivity index (χ2v) is 7.22. The van der Waals surface area contributed by atoms with Crippen LogP contribution in [0.15, 0.2) is 61.1 Å². The Balaban J connectivity index is 1.41. The first kappa shape index (κ1) is 19.6. The summed E-state index contributed by atoms with van der Waals surface area (Å²) in [7, 11) is 0. The first-order chi connectivity index (χ1) is 14.6. The van der Waals surface area contributed by atoms with Crippen LogP contribution >= 0.6 is 0 Å². The van der Waals surface area contributed by atoms with Gasteiger partial charge < -0.3 is 15.2 Å². The molecule has 0 saturated heterocycles. The third-order valence-electron chi connectivity index (χ3n) is 4.92. The van der Waals surface area contributed by atoms with Gasteiger partial charge in [0.1, 0.15) is 11.3 Å². The Bertz CT molecular complexity index is 1170. The number of aryl methyl sites for hydroxylation is 3. The molecule has 0 bridgehead atoms. The van der Waals surface area contributed by atoms with E-state index in [9.17, 15) is 4.79 Å². The lowest BCUT2D eigenvalue weighted by Crippen LogP contribution is -2.30. The molecule has 4 rings (SSSR count). The van der Waals surface area contributed by atoms with Crippen LogP contribution in [0.4, 0.5) is 10.5 Å². The third kappa shape index (κ3) is 4.30. The third-order valence-corrected chi connectivity index (χ3v) is 4.92. The fraction of sp³-hybridized carbons (Fsp3) is 0.217. The van der Waals surface area contributed by atoms with E-state index in [0.29, 0.717) is 13.1 Å². The summed E-state index contributed by atoms with van der Waals surface area (Å²) >= 11 is 0. The van der Waals surface area contributed by atoms with E-state index in [0.717, 1.165) is 40.2 Å². The average Bonchev–Trinajstić information content (AvgIpc) is 3.12. The predicted molar refractivity (Wildman–Crippen MR) is 118 cm³/mol. The fourth-order valence-electron chi connectivity index (χ4n) is 3.45. The molecule has 0 aliphatic carbocycles. The molecule has 30 heavy (non-hydrogen) atoms. The lowest BCUT2D eigenvalue weighted by molar-refractivity contribution is 0.252. The molecule has 0 radical (unpaired) electrons. The van der Waals surface area contributed by atoms with Gasteiger partial charge in [-0.05, 0) is 56.2 Å². The van der Waals surface area contributed by atoms with Crippen molar-refractivity contribution in [3.8, 4) is 11.4 Å². The Morgan fingerprint density at radius 3 is 2.70 bits per heavy atom. The van der Waals surface area contributed by atoms with Crippen molar-refractivity contribution in [3.05, 3.63) is 72.2 Å². The minimum absolute atomic E-state index is 0.204. The van der Waals surface area contributed by atoms with Crippen LogP contribution in [0.5, 0.6) is 0 Å². The first-order valence-electron chi connectivity index (χ1n) is 9.95. The molecule has 0 saturated carbocycles. The van der Waals surface area contributed by atoms with Crippen molar-refractivity contribution in [1.82, 2.24) is 24.8 Å². The number of carbonyl (C=O) groups is 1. The molecule has 0 aliphatic heterocycles. The molecule has 7 nitrogen and oxygen atoms in total. The van der Waals surface area contributed by atoms with E-state index in [1.165, 1.54) is 5.56 Å².